The number of nitrogen functional groups attached to an aromatic ring is 5. The third-order valence-corrected chi connectivity index (χ3v) is 19.6. The molecule has 0 aliphatic carbocycles. The lowest BCUT2D eigenvalue weighted by atomic mass is 9.92. The van der Waals surface area contributed by atoms with Crippen LogP contribution < -0.4 is 76.5 Å². The van der Waals surface area contributed by atoms with Gasteiger partial charge in [-0.2, -0.15) is 24.9 Å². The highest BCUT2D eigenvalue weighted by molar-refractivity contribution is 6.31. The first-order chi connectivity index (χ1) is 55.5. The molecule has 10 aromatic rings. The number of nitrogens with zero attached hydrogens (tertiary/aromatic N) is 15. The Morgan fingerprint density at radius 3 is 0.897 bits per heavy atom. The maximum atomic E-state index is 13.4. The summed E-state index contributed by atoms with van der Waals surface area (Å²) in [5.74, 6) is 2.89. The highest BCUT2D eigenvalue weighted by atomic mass is 35.5. The molecule has 634 valence electrons. The van der Waals surface area contributed by atoms with Crippen molar-refractivity contribution < 1.29 is 23.6 Å². The Morgan fingerprint density at radius 2 is 0.607 bits per heavy atom. The fourth-order valence-electron chi connectivity index (χ4n) is 12.5. The van der Waals surface area contributed by atoms with Crippen molar-refractivity contribution >= 4 is 161 Å². The van der Waals surface area contributed by atoms with E-state index in [-0.39, 0.29) is 75.5 Å². The largest absolute Gasteiger partial charge is 0.368 e. The third kappa shape index (κ3) is 31.1. The van der Waals surface area contributed by atoms with E-state index in [1.165, 1.54) is 33.8 Å². The highest BCUT2D eigenvalue weighted by Crippen LogP contribution is 2.33. The minimum absolute atomic E-state index is 0.0367. The van der Waals surface area contributed by atoms with Crippen LogP contribution in [0.15, 0.2) is 73.4 Å². The van der Waals surface area contributed by atoms with E-state index in [0.29, 0.717) is 120 Å². The molecule has 10 aromatic heterocycles. The first-order valence-corrected chi connectivity index (χ1v) is 40.7. The molecule has 33 nitrogen and oxygen atoms in total. The van der Waals surface area contributed by atoms with Gasteiger partial charge in [-0.15, -0.1) is 0 Å². The van der Waals surface area contributed by atoms with Crippen molar-refractivity contribution in [2.45, 2.75) is 247 Å². The summed E-state index contributed by atoms with van der Waals surface area (Å²) in [4.78, 5) is 109. The Kier molecular flexibility index (Phi) is 36.7. The number of halogens is 3. The van der Waals surface area contributed by atoms with Gasteiger partial charge in [-0.3, -0.25) is 29.1 Å². The number of fused-ring (bicyclic) bond motifs is 5. The van der Waals surface area contributed by atoms with E-state index in [4.69, 9.17) is 51.9 Å². The molecular formula is C81H120Cl2FN29O4. The van der Waals surface area contributed by atoms with Crippen LogP contribution in [-0.4, -0.2) is 152 Å². The van der Waals surface area contributed by atoms with Crippen LogP contribution >= 0.6 is 23.2 Å². The van der Waals surface area contributed by atoms with E-state index in [1.54, 1.807) is 36.9 Å². The molecule has 0 aliphatic heterocycles. The molecule has 0 fully saturated rings. The molecule has 0 saturated heterocycles. The molecule has 117 heavy (non-hydrogen) atoms. The van der Waals surface area contributed by atoms with Gasteiger partial charge < -0.3 is 76.5 Å². The number of amides is 4. The van der Waals surface area contributed by atoms with Crippen molar-refractivity contribution in [3.8, 4) is 0 Å². The van der Waals surface area contributed by atoms with Crippen LogP contribution in [0.5, 0.6) is 0 Å². The second-order valence-corrected chi connectivity index (χ2v) is 31.5. The summed E-state index contributed by atoms with van der Waals surface area (Å²) >= 11 is 12.0. The van der Waals surface area contributed by atoms with Gasteiger partial charge in [-0.1, -0.05) is 142 Å². The van der Waals surface area contributed by atoms with Gasteiger partial charge in [0.05, 0.1) is 66.0 Å². The van der Waals surface area contributed by atoms with E-state index in [0.717, 1.165) is 122 Å². The standard InChI is InChI=1S/C17H25ClN6O.C17H26N6O.C16H23FN6O.C16H24N6O.C15H22ClN5/c1-4-5-6-7-17(3,10-21-11(2)25)24-15-14-13(22-16(19)23-15)8-12(18)9-20-14;1-4-5-6-9-17(3,11-20-12(2)24)23-15-14-13(8-7-10-19-14)21-16(18)22-15;1-4-5-6-16(3,9-20-10(2)24)23-14-13-12(21-15(18)22-14)7-11(17)8-19-13;1-4-5-8-16(3,10-19-11(2)23)22-14-13-12(7-6-9-18-13)20-15(17)21-14;1-4-6-7-15(3,5-2)21-13-12-11(19-14(17)20-13)8-10(16)9-18-12/h8-9H,4-7,10H2,1-3H3,(H,21,25)(H3,19,22,23,24);7-8,10H,4-6,9,11H2,1-3H3,(H,20,24)(H3,18,21,22,23);7-8H,4-6,9H2,1-3H3,(H,20,24)(H3,18,21,22,23);6-7,9H,4-5,8,10H2,1-3H3,(H,19,23)(H3,17,20,21,22);8-9H,4-7H2,1-3H3,(H3,17,19,20,21)/t2*17-;2*16-;15-/m11001/s1. The Bertz CT molecular complexity index is 4910. The second-order valence-electron chi connectivity index (χ2n) is 30.6. The van der Waals surface area contributed by atoms with Crippen LogP contribution in [0.2, 0.25) is 10.0 Å². The SMILES string of the molecule is CCCCC[C@](C)(CNC(C)=O)Nc1nc(N)nc2cc(Cl)cnc12.CCCCC[C@](C)(CNC(C)=O)Nc1nc(N)nc2cccnc12.CCCC[C@@](C)(CC)Nc1nc(N)nc2cc(Cl)cnc12.CCCC[C@@](C)(CNC(C)=O)Nc1nc(N)nc2cc(F)cnc12.CCCC[C@@](C)(CNC(C)=O)Nc1nc(N)nc2cccnc12. The molecule has 19 N–H and O–H groups in total. The number of nitrogens with one attached hydrogen (secondary N) is 9. The molecule has 0 bridgehead atoms. The van der Waals surface area contributed by atoms with Crippen molar-refractivity contribution in [2.75, 3.05) is 81.4 Å². The fraction of sp³-hybridized carbons (Fsp3) is 0.519. The number of aromatic nitrogens is 15. The van der Waals surface area contributed by atoms with Crippen LogP contribution in [0.4, 0.5) is 63.2 Å². The second kappa shape index (κ2) is 45.4. The van der Waals surface area contributed by atoms with Crippen LogP contribution in [0.3, 0.4) is 0 Å². The minimum Gasteiger partial charge on any atom is -0.368 e. The lowest BCUT2D eigenvalue weighted by Gasteiger charge is -2.32. The van der Waals surface area contributed by atoms with Crippen LogP contribution in [0.25, 0.3) is 55.2 Å². The number of hydrogen-bond acceptors (Lipinski definition) is 29. The average molecular weight is 1650 g/mol. The van der Waals surface area contributed by atoms with Crippen molar-refractivity contribution in [1.82, 2.24) is 96.0 Å². The lowest BCUT2D eigenvalue weighted by molar-refractivity contribution is -0.120. The van der Waals surface area contributed by atoms with Gasteiger partial charge in [0.1, 0.15) is 33.4 Å². The zero-order valence-corrected chi connectivity index (χ0v) is 71.9. The molecular weight excluding hydrogens is 1530 g/mol. The van der Waals surface area contributed by atoms with E-state index >= 15 is 0 Å². The van der Waals surface area contributed by atoms with Crippen molar-refractivity contribution in [2.24, 2.45) is 0 Å². The summed E-state index contributed by atoms with van der Waals surface area (Å²) in [6, 6.07) is 12.1. The summed E-state index contributed by atoms with van der Waals surface area (Å²) in [5, 5.41) is 29.6. The zero-order chi connectivity index (χ0) is 86.1. The number of nitrogens with two attached hydrogens (primary N) is 5. The monoisotopic (exact) mass is 1650 g/mol. The van der Waals surface area contributed by atoms with Gasteiger partial charge >= 0.3 is 0 Å². The van der Waals surface area contributed by atoms with E-state index in [2.05, 4.69) is 192 Å². The van der Waals surface area contributed by atoms with Crippen molar-refractivity contribution in [3.05, 3.63) is 89.3 Å². The Labute approximate surface area is 694 Å². The number of unbranched alkanes of at least 4 members (excludes halogenated alkanes) is 7. The van der Waals surface area contributed by atoms with Crippen molar-refractivity contribution in [3.63, 3.8) is 0 Å². The molecule has 0 unspecified atom stereocenters. The summed E-state index contributed by atoms with van der Waals surface area (Å²) in [7, 11) is 0. The molecule has 0 radical (unpaired) electrons. The Balaban J connectivity index is 0.000000227. The summed E-state index contributed by atoms with van der Waals surface area (Å²) in [6.07, 6.45) is 26.3. The normalized spacial score (nSPS) is 13.6. The molecule has 0 aliphatic rings. The van der Waals surface area contributed by atoms with E-state index in [1.807, 2.05) is 31.2 Å². The number of carbonyl (C=O) groups excluding carboxylic acids is 4. The molecule has 10 rings (SSSR count). The predicted molar refractivity (Wildman–Crippen MR) is 471 cm³/mol. The minimum atomic E-state index is -0.487. The summed E-state index contributed by atoms with van der Waals surface area (Å²) < 4.78 is 13.4. The maximum absolute atomic E-state index is 13.4. The van der Waals surface area contributed by atoms with E-state index in [9.17, 15) is 23.6 Å². The molecule has 0 spiro atoms. The van der Waals surface area contributed by atoms with Crippen LogP contribution in [0, 0.1) is 5.82 Å². The quantitative estimate of drug-likeness (QED) is 0.0162. The van der Waals surface area contributed by atoms with Gasteiger partial charge in [0, 0.05) is 90.3 Å². The Morgan fingerprint density at radius 1 is 0.350 bits per heavy atom. The smallest absolute Gasteiger partial charge is 0.222 e. The van der Waals surface area contributed by atoms with Gasteiger partial charge in [-0.05, 0) is 110 Å². The molecule has 10 heterocycles. The average Bonchev–Trinajstić information content (AvgIpc) is 0.788. The fourth-order valence-corrected chi connectivity index (χ4v) is 12.8. The third-order valence-electron chi connectivity index (χ3n) is 19.2. The zero-order valence-electron chi connectivity index (χ0n) is 70.3. The maximum Gasteiger partial charge on any atom is 0.222 e. The topological polar surface area (TPSA) is 500 Å². The molecule has 36 heteroatoms. The molecule has 0 aromatic carbocycles. The first-order valence-electron chi connectivity index (χ1n) is 39.9. The van der Waals surface area contributed by atoms with Gasteiger partial charge in [-0.25, -0.2) is 44.3 Å². The van der Waals surface area contributed by atoms with Gasteiger partial charge in [0.15, 0.2) is 29.1 Å². The molecule has 4 amide bonds. The first kappa shape index (κ1) is 94.7. The number of hydrogen-bond donors (Lipinski definition) is 14. The predicted octanol–water partition coefficient (Wildman–Crippen LogP) is 14.0. The van der Waals surface area contributed by atoms with Crippen molar-refractivity contribution in [1.29, 1.82) is 0 Å². The summed E-state index contributed by atoms with van der Waals surface area (Å²) in [5.41, 5.74) is 33.5. The Hall–Kier alpha value is -11.2. The van der Waals surface area contributed by atoms with Crippen LogP contribution in [-0.2, 0) is 19.2 Å². The highest BCUT2D eigenvalue weighted by Gasteiger charge is 2.31. The molecule has 0 saturated carbocycles. The van der Waals surface area contributed by atoms with Gasteiger partial charge in [0.2, 0.25) is 53.4 Å². The summed E-state index contributed by atoms with van der Waals surface area (Å²) in [6.45, 7) is 31.2. The number of rotatable bonds is 36. The van der Waals surface area contributed by atoms with Gasteiger partial charge in [0.25, 0.3) is 0 Å². The lowest BCUT2D eigenvalue weighted by Crippen LogP contribution is -2.46. The molecule has 5 atom stereocenters. The number of pyridine rings is 5. The number of carbonyl (C=O) groups is 4. The number of anilines is 10. The van der Waals surface area contributed by atoms with E-state index < -0.39 is 11.4 Å². The van der Waals surface area contributed by atoms with Crippen LogP contribution in [0.1, 0.15) is 219 Å².